The number of rotatable bonds is 5. The van der Waals surface area contributed by atoms with E-state index in [-0.39, 0.29) is 48.4 Å². The minimum atomic E-state index is -3.04. The average Bonchev–Trinajstić information content (AvgIpc) is 3.13. The monoisotopic (exact) mass is 433 g/mol. The van der Waals surface area contributed by atoms with Gasteiger partial charge in [0.05, 0.1) is 28.2 Å². The lowest BCUT2D eigenvalue weighted by molar-refractivity contribution is -0.128. The van der Waals surface area contributed by atoms with E-state index in [0.717, 1.165) is 0 Å². The molecule has 0 N–H and O–H groups in total. The molecular formula is C18H19N5O4S2. The van der Waals surface area contributed by atoms with Gasteiger partial charge >= 0.3 is 0 Å². The molecule has 0 saturated carbocycles. The molecule has 3 heterocycles. The first-order chi connectivity index (χ1) is 13.9. The summed E-state index contributed by atoms with van der Waals surface area (Å²) in [5, 5.41) is 9.36. The van der Waals surface area contributed by atoms with E-state index in [2.05, 4.69) is 16.8 Å². The summed E-state index contributed by atoms with van der Waals surface area (Å²) in [6, 6.07) is 7.17. The molecule has 29 heavy (non-hydrogen) atoms. The number of fused-ring (bicyclic) bond motifs is 3. The maximum Gasteiger partial charge on any atom is 0.263 e. The lowest BCUT2D eigenvalue weighted by atomic mass is 10.2. The quantitative estimate of drug-likeness (QED) is 0.428. The predicted molar refractivity (Wildman–Crippen MR) is 111 cm³/mol. The van der Waals surface area contributed by atoms with Crippen LogP contribution in [-0.4, -0.2) is 68.7 Å². The summed E-state index contributed by atoms with van der Waals surface area (Å²) in [5.74, 6) is 0.333. The molecule has 152 valence electrons. The van der Waals surface area contributed by atoms with Gasteiger partial charge in [0, 0.05) is 19.6 Å². The molecule has 4 rings (SSSR count). The number of sulfone groups is 1. The van der Waals surface area contributed by atoms with Crippen LogP contribution in [0.4, 0.5) is 0 Å². The molecular weight excluding hydrogens is 414 g/mol. The maximum absolute atomic E-state index is 12.8. The van der Waals surface area contributed by atoms with Crippen molar-refractivity contribution in [3.8, 4) is 0 Å². The van der Waals surface area contributed by atoms with Gasteiger partial charge in [-0.2, -0.15) is 0 Å². The van der Waals surface area contributed by atoms with Crippen molar-refractivity contribution in [3.05, 3.63) is 47.3 Å². The number of para-hydroxylation sites is 1. The molecule has 9 nitrogen and oxygen atoms in total. The first-order valence-electron chi connectivity index (χ1n) is 9.00. The maximum atomic E-state index is 12.8. The highest BCUT2D eigenvalue weighted by Crippen LogP contribution is 2.22. The second-order valence-corrected chi connectivity index (χ2v) is 9.91. The van der Waals surface area contributed by atoms with Crippen molar-refractivity contribution in [2.45, 2.75) is 11.7 Å². The van der Waals surface area contributed by atoms with Gasteiger partial charge < -0.3 is 4.90 Å². The Morgan fingerprint density at radius 1 is 1.21 bits per heavy atom. The first-order valence-corrected chi connectivity index (χ1v) is 11.8. The fourth-order valence-electron chi connectivity index (χ4n) is 3.30. The van der Waals surface area contributed by atoms with Crippen molar-refractivity contribution >= 4 is 44.2 Å². The summed E-state index contributed by atoms with van der Waals surface area (Å²) < 4.78 is 26.3. The Morgan fingerprint density at radius 3 is 2.66 bits per heavy atom. The van der Waals surface area contributed by atoms with Gasteiger partial charge in [-0.15, -0.1) is 16.8 Å². The summed E-state index contributed by atoms with van der Waals surface area (Å²) in [6.07, 6.45) is 1.62. The van der Waals surface area contributed by atoms with Gasteiger partial charge in [0.15, 0.2) is 15.0 Å². The van der Waals surface area contributed by atoms with Crippen LogP contribution < -0.4 is 5.56 Å². The number of benzene rings is 1. The van der Waals surface area contributed by atoms with Crippen molar-refractivity contribution in [1.29, 1.82) is 0 Å². The number of allylic oxidation sites excluding steroid dienone is 1. The number of nitrogens with zero attached hydrogens (tertiary/aromatic N) is 5. The van der Waals surface area contributed by atoms with Crippen LogP contribution >= 0.6 is 11.8 Å². The first kappa shape index (κ1) is 19.6. The standard InChI is InChI=1S/C18H19N5O4S2/c1-2-7-22-16(25)13-5-3-4-6-14(13)23-17(22)19-20-18(23)28-12-15(24)21-8-10-29(26,27)11-9-21/h2-6H,1,7-12H2. The van der Waals surface area contributed by atoms with Gasteiger partial charge in [-0.1, -0.05) is 30.0 Å². The van der Waals surface area contributed by atoms with Crippen LogP contribution in [0.5, 0.6) is 0 Å². The van der Waals surface area contributed by atoms with Crippen molar-refractivity contribution < 1.29 is 13.2 Å². The van der Waals surface area contributed by atoms with Crippen LogP contribution in [0.1, 0.15) is 0 Å². The van der Waals surface area contributed by atoms with E-state index in [1.165, 1.54) is 16.3 Å². The average molecular weight is 434 g/mol. The Kier molecular flexibility index (Phi) is 5.17. The fourth-order valence-corrected chi connectivity index (χ4v) is 5.34. The molecule has 0 radical (unpaired) electrons. The number of hydrogen-bond donors (Lipinski definition) is 0. The van der Waals surface area contributed by atoms with Crippen LogP contribution in [-0.2, 0) is 21.2 Å². The van der Waals surface area contributed by atoms with E-state index in [1.54, 1.807) is 27.5 Å². The molecule has 2 aromatic heterocycles. The van der Waals surface area contributed by atoms with Crippen LogP contribution in [0, 0.1) is 0 Å². The molecule has 1 aliphatic heterocycles. The molecule has 1 amide bonds. The molecule has 0 spiro atoms. The Labute approximate surface area is 170 Å². The Bertz CT molecular complexity index is 1260. The molecule has 1 aliphatic rings. The van der Waals surface area contributed by atoms with E-state index in [1.807, 2.05) is 12.1 Å². The lowest BCUT2D eigenvalue weighted by Crippen LogP contribution is -2.44. The summed E-state index contributed by atoms with van der Waals surface area (Å²) in [5.41, 5.74) is 0.486. The summed E-state index contributed by atoms with van der Waals surface area (Å²) in [6.45, 7) is 4.41. The SMILES string of the molecule is C=CCn1c(=O)c2ccccc2n2c(SCC(=O)N3CCS(=O)(=O)CC3)nnc12. The van der Waals surface area contributed by atoms with E-state index < -0.39 is 9.84 Å². The summed E-state index contributed by atoms with van der Waals surface area (Å²) in [4.78, 5) is 26.9. The van der Waals surface area contributed by atoms with Crippen molar-refractivity contribution in [2.24, 2.45) is 0 Å². The number of aromatic nitrogens is 4. The molecule has 1 saturated heterocycles. The zero-order chi connectivity index (χ0) is 20.6. The highest BCUT2D eigenvalue weighted by atomic mass is 32.2. The molecule has 3 aromatic rings. The smallest absolute Gasteiger partial charge is 0.263 e. The van der Waals surface area contributed by atoms with E-state index in [0.29, 0.717) is 21.8 Å². The number of carbonyl (C=O) groups excluding carboxylic acids is 1. The third-order valence-corrected chi connectivity index (χ3v) is 7.33. The largest absolute Gasteiger partial charge is 0.340 e. The van der Waals surface area contributed by atoms with Crippen molar-refractivity contribution in [3.63, 3.8) is 0 Å². The highest BCUT2D eigenvalue weighted by Gasteiger charge is 2.25. The molecule has 0 atom stereocenters. The van der Waals surface area contributed by atoms with Gasteiger partial charge in [0.1, 0.15) is 0 Å². The van der Waals surface area contributed by atoms with E-state index in [9.17, 15) is 18.0 Å². The molecule has 0 aliphatic carbocycles. The topological polar surface area (TPSA) is 107 Å². The molecule has 1 fully saturated rings. The number of carbonyl (C=O) groups is 1. The second kappa shape index (κ2) is 7.64. The molecule has 0 unspecified atom stereocenters. The summed E-state index contributed by atoms with van der Waals surface area (Å²) >= 11 is 1.21. The second-order valence-electron chi connectivity index (χ2n) is 6.66. The minimum Gasteiger partial charge on any atom is -0.340 e. The van der Waals surface area contributed by atoms with Gasteiger partial charge in [-0.25, -0.2) is 8.42 Å². The van der Waals surface area contributed by atoms with Crippen LogP contribution in [0.2, 0.25) is 0 Å². The normalized spacial score (nSPS) is 16.3. The van der Waals surface area contributed by atoms with E-state index >= 15 is 0 Å². The third-order valence-electron chi connectivity index (χ3n) is 4.81. The van der Waals surface area contributed by atoms with Crippen LogP contribution in [0.25, 0.3) is 16.7 Å². The fraction of sp³-hybridized carbons (Fsp3) is 0.333. The van der Waals surface area contributed by atoms with Crippen LogP contribution in [0.15, 0.2) is 46.9 Å². The Morgan fingerprint density at radius 2 is 1.93 bits per heavy atom. The third kappa shape index (κ3) is 3.67. The van der Waals surface area contributed by atoms with E-state index in [4.69, 9.17) is 0 Å². The van der Waals surface area contributed by atoms with Crippen LogP contribution in [0.3, 0.4) is 0 Å². The lowest BCUT2D eigenvalue weighted by Gasteiger charge is -2.26. The molecule has 1 aromatic carbocycles. The Hall–Kier alpha value is -2.66. The molecule has 11 heteroatoms. The number of amides is 1. The number of hydrogen-bond acceptors (Lipinski definition) is 7. The predicted octanol–water partition coefficient (Wildman–Crippen LogP) is 0.579. The Balaban J connectivity index is 1.66. The zero-order valence-electron chi connectivity index (χ0n) is 15.5. The van der Waals surface area contributed by atoms with Gasteiger partial charge in [-0.05, 0) is 12.1 Å². The van der Waals surface area contributed by atoms with Gasteiger partial charge in [-0.3, -0.25) is 18.6 Å². The highest BCUT2D eigenvalue weighted by molar-refractivity contribution is 7.99. The van der Waals surface area contributed by atoms with Gasteiger partial charge in [0.25, 0.3) is 5.56 Å². The zero-order valence-corrected chi connectivity index (χ0v) is 17.2. The van der Waals surface area contributed by atoms with Gasteiger partial charge in [0.2, 0.25) is 11.7 Å². The minimum absolute atomic E-state index is 0.00423. The molecule has 0 bridgehead atoms. The van der Waals surface area contributed by atoms with Crippen molar-refractivity contribution in [2.75, 3.05) is 30.3 Å². The number of thioether (sulfide) groups is 1. The van der Waals surface area contributed by atoms with Crippen molar-refractivity contribution in [1.82, 2.24) is 24.1 Å². The summed E-state index contributed by atoms with van der Waals surface area (Å²) in [7, 11) is -3.04.